The minimum Gasteiger partial charge on any atom is -0.454 e. The molecule has 7 nitrogen and oxygen atoms in total. The number of rotatable bonds is 11. The third-order valence-electron chi connectivity index (χ3n) is 6.43. The van der Waals surface area contributed by atoms with Crippen molar-refractivity contribution >= 4 is 5.97 Å². The molecule has 0 unspecified atom stereocenters. The lowest BCUT2D eigenvalue weighted by atomic mass is 9.95. The van der Waals surface area contributed by atoms with Crippen molar-refractivity contribution in [3.05, 3.63) is 108 Å². The van der Waals surface area contributed by atoms with Crippen LogP contribution in [0.2, 0.25) is 0 Å². The number of aliphatic hydroxyl groups is 1. The van der Waals surface area contributed by atoms with E-state index in [4.69, 9.17) is 23.7 Å². The Balaban J connectivity index is 1.57. The smallest absolute Gasteiger partial charge is 0.311 e. The first-order valence-electron chi connectivity index (χ1n) is 13.3. The predicted molar refractivity (Wildman–Crippen MR) is 146 cm³/mol. The van der Waals surface area contributed by atoms with E-state index in [9.17, 15) is 9.90 Å². The van der Waals surface area contributed by atoms with Crippen molar-refractivity contribution in [3.63, 3.8) is 0 Å². The van der Waals surface area contributed by atoms with E-state index in [0.29, 0.717) is 6.61 Å². The molecule has 3 aromatic rings. The highest BCUT2D eigenvalue weighted by Crippen LogP contribution is 2.31. The highest BCUT2D eigenvalue weighted by atomic mass is 16.7. The van der Waals surface area contributed by atoms with Crippen molar-refractivity contribution in [2.45, 2.75) is 71.3 Å². The predicted octanol–water partition coefficient (Wildman–Crippen LogP) is 5.05. The summed E-state index contributed by atoms with van der Waals surface area (Å²) in [4.78, 5) is 12.9. The Hall–Kier alpha value is -3.07. The molecule has 5 atom stereocenters. The maximum atomic E-state index is 12.9. The lowest BCUT2D eigenvalue weighted by Crippen LogP contribution is -2.62. The highest BCUT2D eigenvalue weighted by molar-refractivity contribution is 5.75. The molecular formula is C32H38O7. The van der Waals surface area contributed by atoms with Crippen LogP contribution in [0, 0.1) is 5.41 Å². The number of hydrogen-bond donors (Lipinski definition) is 1. The molecule has 1 fully saturated rings. The van der Waals surface area contributed by atoms with Gasteiger partial charge in [0.05, 0.1) is 31.8 Å². The van der Waals surface area contributed by atoms with Crippen molar-refractivity contribution in [1.29, 1.82) is 0 Å². The molecule has 1 aliphatic heterocycles. The molecule has 208 valence electrons. The molecular weight excluding hydrogens is 496 g/mol. The first kappa shape index (κ1) is 28.9. The molecule has 1 saturated heterocycles. The van der Waals surface area contributed by atoms with Gasteiger partial charge >= 0.3 is 5.97 Å². The quantitative estimate of drug-likeness (QED) is 0.345. The van der Waals surface area contributed by atoms with Crippen molar-refractivity contribution in [2.24, 2.45) is 5.41 Å². The van der Waals surface area contributed by atoms with Gasteiger partial charge in [0.25, 0.3) is 0 Å². The minimum atomic E-state index is -1.42. The Bertz CT molecular complexity index is 1130. The van der Waals surface area contributed by atoms with Gasteiger partial charge in [-0.25, -0.2) is 0 Å². The number of ether oxygens (including phenoxy) is 5. The summed E-state index contributed by atoms with van der Waals surface area (Å²) < 4.78 is 30.6. The molecule has 1 aliphatic rings. The number of benzene rings is 3. The zero-order valence-corrected chi connectivity index (χ0v) is 22.8. The van der Waals surface area contributed by atoms with E-state index in [1.165, 1.54) is 0 Å². The summed E-state index contributed by atoms with van der Waals surface area (Å²) in [7, 11) is 0. The Morgan fingerprint density at radius 1 is 0.718 bits per heavy atom. The Morgan fingerprint density at radius 2 is 1.18 bits per heavy atom. The van der Waals surface area contributed by atoms with Crippen molar-refractivity contribution < 1.29 is 33.6 Å². The second-order valence-electron chi connectivity index (χ2n) is 10.7. The molecule has 0 amide bonds. The van der Waals surface area contributed by atoms with Gasteiger partial charge in [-0.15, -0.1) is 0 Å². The summed E-state index contributed by atoms with van der Waals surface area (Å²) >= 11 is 0. The zero-order valence-electron chi connectivity index (χ0n) is 22.8. The molecule has 0 spiro atoms. The van der Waals surface area contributed by atoms with Gasteiger partial charge in [0.1, 0.15) is 18.3 Å². The first-order valence-corrected chi connectivity index (χ1v) is 13.3. The first-order chi connectivity index (χ1) is 18.8. The van der Waals surface area contributed by atoms with Gasteiger partial charge in [-0.3, -0.25) is 4.79 Å². The van der Waals surface area contributed by atoms with Gasteiger partial charge in [-0.05, 0) is 37.5 Å². The minimum absolute atomic E-state index is 0.149. The third-order valence-corrected chi connectivity index (χ3v) is 6.43. The second-order valence-corrected chi connectivity index (χ2v) is 10.7. The number of esters is 1. The fourth-order valence-electron chi connectivity index (χ4n) is 4.25. The molecule has 0 aromatic heterocycles. The van der Waals surface area contributed by atoms with E-state index in [2.05, 4.69) is 0 Å². The lowest BCUT2D eigenvalue weighted by Gasteiger charge is -2.44. The van der Waals surface area contributed by atoms with Crippen LogP contribution in [-0.4, -0.2) is 48.4 Å². The van der Waals surface area contributed by atoms with Crippen LogP contribution in [0.3, 0.4) is 0 Å². The molecule has 1 N–H and O–H groups in total. The van der Waals surface area contributed by atoms with Gasteiger partial charge in [0.15, 0.2) is 12.4 Å². The fourth-order valence-corrected chi connectivity index (χ4v) is 4.25. The highest BCUT2D eigenvalue weighted by Gasteiger charge is 2.50. The molecule has 3 aromatic carbocycles. The maximum absolute atomic E-state index is 12.9. The SMILES string of the molecule is CC(C)(C)C(=O)O[C@@H]1[C@@H](OCc2ccccc2)[C@@H](OCc2ccccc2)[C@@H](COCc2ccccc2)O[C@@H]1O. The molecule has 0 radical (unpaired) electrons. The Morgan fingerprint density at radius 3 is 1.67 bits per heavy atom. The van der Waals surface area contributed by atoms with Gasteiger partial charge in [-0.2, -0.15) is 0 Å². The van der Waals surface area contributed by atoms with Crippen LogP contribution in [0.1, 0.15) is 37.5 Å². The van der Waals surface area contributed by atoms with E-state index >= 15 is 0 Å². The largest absolute Gasteiger partial charge is 0.454 e. The topological polar surface area (TPSA) is 83.5 Å². The fraction of sp³-hybridized carbons (Fsp3) is 0.406. The number of carbonyl (C=O) groups excluding carboxylic acids is 1. The summed E-state index contributed by atoms with van der Waals surface area (Å²) in [6, 6.07) is 29.3. The molecule has 1 heterocycles. The summed E-state index contributed by atoms with van der Waals surface area (Å²) in [5.74, 6) is -0.468. The molecule has 7 heteroatoms. The summed E-state index contributed by atoms with van der Waals surface area (Å²) in [5.41, 5.74) is 2.15. The zero-order chi connectivity index (χ0) is 27.7. The van der Waals surface area contributed by atoms with Crippen LogP contribution in [0.5, 0.6) is 0 Å². The van der Waals surface area contributed by atoms with Gasteiger partial charge in [0, 0.05) is 0 Å². The normalized spacial score (nSPS) is 23.3. The van der Waals surface area contributed by atoms with Crippen LogP contribution < -0.4 is 0 Å². The number of aliphatic hydroxyl groups excluding tert-OH is 1. The van der Waals surface area contributed by atoms with Gasteiger partial charge in [0.2, 0.25) is 0 Å². The Labute approximate surface area is 230 Å². The van der Waals surface area contributed by atoms with E-state index in [-0.39, 0.29) is 19.8 Å². The number of carbonyl (C=O) groups is 1. The van der Waals surface area contributed by atoms with Crippen molar-refractivity contribution in [1.82, 2.24) is 0 Å². The monoisotopic (exact) mass is 534 g/mol. The molecule has 4 rings (SSSR count). The van der Waals surface area contributed by atoms with E-state index in [1.54, 1.807) is 20.8 Å². The van der Waals surface area contributed by atoms with Crippen LogP contribution in [-0.2, 0) is 48.3 Å². The van der Waals surface area contributed by atoms with Gasteiger partial charge in [-0.1, -0.05) is 91.0 Å². The van der Waals surface area contributed by atoms with Gasteiger partial charge < -0.3 is 28.8 Å². The molecule has 0 saturated carbocycles. The van der Waals surface area contributed by atoms with Crippen LogP contribution in [0.4, 0.5) is 0 Å². The third kappa shape index (κ3) is 8.46. The van der Waals surface area contributed by atoms with Crippen LogP contribution in [0.25, 0.3) is 0 Å². The van der Waals surface area contributed by atoms with E-state index in [1.807, 2.05) is 91.0 Å². The average Bonchev–Trinajstić information content (AvgIpc) is 2.94. The second kappa shape index (κ2) is 13.8. The molecule has 0 aliphatic carbocycles. The van der Waals surface area contributed by atoms with Crippen LogP contribution in [0.15, 0.2) is 91.0 Å². The summed E-state index contributed by atoms with van der Waals surface area (Å²) in [5, 5.41) is 11.1. The lowest BCUT2D eigenvalue weighted by molar-refractivity contribution is -0.311. The summed E-state index contributed by atoms with van der Waals surface area (Å²) in [6.45, 7) is 6.32. The average molecular weight is 535 g/mol. The van der Waals surface area contributed by atoms with Crippen LogP contribution >= 0.6 is 0 Å². The van der Waals surface area contributed by atoms with Crippen molar-refractivity contribution in [2.75, 3.05) is 6.61 Å². The van der Waals surface area contributed by atoms with Crippen molar-refractivity contribution in [3.8, 4) is 0 Å². The Kier molecular flexibility index (Phi) is 10.3. The standard InChI is InChI=1S/C32H38O7/c1-32(2,3)31(34)39-29-28(37-21-25-17-11-6-12-18-25)27(36-20-24-15-9-5-10-16-24)26(38-30(29)33)22-35-19-23-13-7-4-8-14-23/h4-18,26-30,33H,19-22H2,1-3H3/t26-,27+,28+,29-,30+/m1/s1. The molecule has 0 bridgehead atoms. The number of hydrogen-bond acceptors (Lipinski definition) is 7. The van der Waals surface area contributed by atoms with E-state index < -0.39 is 42.1 Å². The maximum Gasteiger partial charge on any atom is 0.311 e. The molecule has 39 heavy (non-hydrogen) atoms. The summed E-state index contributed by atoms with van der Waals surface area (Å²) in [6.07, 6.45) is -4.68. The van der Waals surface area contributed by atoms with E-state index in [0.717, 1.165) is 16.7 Å².